The molecule has 0 aliphatic heterocycles. The number of fused-ring (bicyclic) bond motifs is 1. The second-order valence-corrected chi connectivity index (χ2v) is 4.33. The predicted octanol–water partition coefficient (Wildman–Crippen LogP) is 2.61. The highest BCUT2D eigenvalue weighted by molar-refractivity contribution is 5.89. The number of rotatable bonds is 3. The molecule has 1 aromatic carbocycles. The Kier molecular flexibility index (Phi) is 2.96. The molecule has 2 heterocycles. The first-order valence-corrected chi connectivity index (χ1v) is 6.01. The number of pyridine rings is 1. The molecule has 1 atom stereocenters. The van der Waals surface area contributed by atoms with E-state index in [1.54, 1.807) is 24.4 Å². The van der Waals surface area contributed by atoms with Crippen LogP contribution in [0.2, 0.25) is 0 Å². The van der Waals surface area contributed by atoms with Gasteiger partial charge in [0.25, 0.3) is 0 Å². The Hall–Kier alpha value is -2.66. The first kappa shape index (κ1) is 12.4. The van der Waals surface area contributed by atoms with Gasteiger partial charge in [-0.25, -0.2) is 4.79 Å². The lowest BCUT2D eigenvalue weighted by Gasteiger charge is -2.11. The maximum absolute atomic E-state index is 11.1. The van der Waals surface area contributed by atoms with Crippen LogP contribution in [0, 0.1) is 0 Å². The maximum Gasteiger partial charge on any atom is 0.339 e. The van der Waals surface area contributed by atoms with Crippen LogP contribution in [0.15, 0.2) is 53.3 Å². The molecule has 0 saturated heterocycles. The number of nitrogens with zero attached hydrogens (tertiary/aromatic N) is 1. The number of hydrogen-bond acceptors (Lipinski definition) is 4. The largest absolute Gasteiger partial charge is 0.478 e. The first-order chi connectivity index (χ1) is 9.68. The Balaban J connectivity index is 2.15. The third kappa shape index (κ3) is 1.94. The van der Waals surface area contributed by atoms with Crippen LogP contribution >= 0.6 is 0 Å². The molecule has 5 nitrogen and oxygen atoms in total. The molecule has 0 amide bonds. The number of aliphatic hydroxyl groups excluding tert-OH is 1. The highest BCUT2D eigenvalue weighted by atomic mass is 16.4. The van der Waals surface area contributed by atoms with Gasteiger partial charge in [-0.1, -0.05) is 24.3 Å². The van der Waals surface area contributed by atoms with Crippen molar-refractivity contribution in [1.29, 1.82) is 0 Å². The van der Waals surface area contributed by atoms with Crippen molar-refractivity contribution < 1.29 is 19.4 Å². The molecule has 100 valence electrons. The number of furan rings is 1. The molecular weight excluding hydrogens is 258 g/mol. The summed E-state index contributed by atoms with van der Waals surface area (Å²) in [6.07, 6.45) is 1.70. The lowest BCUT2D eigenvalue weighted by molar-refractivity contribution is 0.0687. The van der Waals surface area contributed by atoms with E-state index < -0.39 is 12.1 Å². The van der Waals surface area contributed by atoms with Gasteiger partial charge < -0.3 is 14.6 Å². The monoisotopic (exact) mass is 269 g/mol. The van der Waals surface area contributed by atoms with E-state index in [1.807, 2.05) is 12.1 Å². The van der Waals surface area contributed by atoms with Crippen molar-refractivity contribution >= 4 is 16.9 Å². The summed E-state index contributed by atoms with van der Waals surface area (Å²) in [5, 5.41) is 20.4. The summed E-state index contributed by atoms with van der Waals surface area (Å²) in [5.41, 5.74) is 1.08. The van der Waals surface area contributed by atoms with Crippen molar-refractivity contribution in [3.8, 4) is 0 Å². The number of carboxylic acid groups (broad SMARTS) is 1. The lowest BCUT2D eigenvalue weighted by atomic mass is 10.0. The van der Waals surface area contributed by atoms with E-state index >= 15 is 0 Å². The van der Waals surface area contributed by atoms with Gasteiger partial charge in [-0.3, -0.25) is 4.98 Å². The van der Waals surface area contributed by atoms with Crippen LogP contribution in [0.4, 0.5) is 0 Å². The molecule has 2 N–H and O–H groups in total. The van der Waals surface area contributed by atoms with Crippen molar-refractivity contribution in [3.63, 3.8) is 0 Å². The molecule has 3 aromatic rings. The summed E-state index contributed by atoms with van der Waals surface area (Å²) >= 11 is 0. The molecule has 20 heavy (non-hydrogen) atoms. The number of aromatic nitrogens is 1. The number of benzene rings is 1. The van der Waals surface area contributed by atoms with E-state index in [-0.39, 0.29) is 11.3 Å². The quantitative estimate of drug-likeness (QED) is 0.763. The SMILES string of the molecule is O=C(O)c1ccoc1C(O)c1cccc2cccnc12. The summed E-state index contributed by atoms with van der Waals surface area (Å²) in [5.74, 6) is -1.13. The number of hydrogen-bond donors (Lipinski definition) is 2. The van der Waals surface area contributed by atoms with Gasteiger partial charge in [0.15, 0.2) is 5.76 Å². The maximum atomic E-state index is 11.1. The highest BCUT2D eigenvalue weighted by Crippen LogP contribution is 2.30. The van der Waals surface area contributed by atoms with Crippen molar-refractivity contribution in [2.24, 2.45) is 0 Å². The molecular formula is C15H11NO4. The van der Waals surface area contributed by atoms with E-state index in [4.69, 9.17) is 9.52 Å². The molecule has 5 heteroatoms. The average molecular weight is 269 g/mol. The molecule has 0 aliphatic rings. The molecule has 2 aromatic heterocycles. The van der Waals surface area contributed by atoms with Crippen LogP contribution in [0.25, 0.3) is 10.9 Å². The minimum absolute atomic E-state index is 0.00986. The van der Waals surface area contributed by atoms with E-state index in [9.17, 15) is 9.90 Å². The van der Waals surface area contributed by atoms with Gasteiger partial charge in [0.2, 0.25) is 0 Å². The number of carbonyl (C=O) groups is 1. The zero-order valence-electron chi connectivity index (χ0n) is 10.4. The van der Waals surface area contributed by atoms with E-state index in [2.05, 4.69) is 4.98 Å². The lowest BCUT2D eigenvalue weighted by Crippen LogP contribution is -2.06. The van der Waals surface area contributed by atoms with Gasteiger partial charge in [0.1, 0.15) is 11.7 Å². The first-order valence-electron chi connectivity index (χ1n) is 6.01. The van der Waals surface area contributed by atoms with Crippen LogP contribution in [0.1, 0.15) is 27.8 Å². The fraction of sp³-hybridized carbons (Fsp3) is 0.0667. The summed E-state index contributed by atoms with van der Waals surface area (Å²) in [6.45, 7) is 0. The number of aromatic carboxylic acids is 1. The molecule has 0 fully saturated rings. The van der Waals surface area contributed by atoms with Crippen LogP contribution in [0.5, 0.6) is 0 Å². The van der Waals surface area contributed by atoms with Crippen LogP contribution in [-0.4, -0.2) is 21.2 Å². The molecule has 0 spiro atoms. The second-order valence-electron chi connectivity index (χ2n) is 4.33. The van der Waals surface area contributed by atoms with Gasteiger partial charge >= 0.3 is 5.97 Å². The fourth-order valence-corrected chi connectivity index (χ4v) is 2.20. The van der Waals surface area contributed by atoms with Crippen LogP contribution in [-0.2, 0) is 0 Å². The topological polar surface area (TPSA) is 83.6 Å². The average Bonchev–Trinajstić information content (AvgIpc) is 2.95. The normalized spacial score (nSPS) is 12.4. The summed E-state index contributed by atoms with van der Waals surface area (Å²) in [6, 6.07) is 10.4. The number of aliphatic hydroxyl groups is 1. The summed E-state index contributed by atoms with van der Waals surface area (Å²) < 4.78 is 5.13. The van der Waals surface area contributed by atoms with E-state index in [1.165, 1.54) is 12.3 Å². The Morgan fingerprint density at radius 1 is 1.20 bits per heavy atom. The third-order valence-corrected chi connectivity index (χ3v) is 3.13. The summed E-state index contributed by atoms with van der Waals surface area (Å²) in [4.78, 5) is 15.3. The molecule has 3 rings (SSSR count). The van der Waals surface area contributed by atoms with Crippen molar-refractivity contribution in [3.05, 3.63) is 65.7 Å². The molecule has 0 bridgehead atoms. The Morgan fingerprint density at radius 3 is 2.80 bits per heavy atom. The van der Waals surface area contributed by atoms with Gasteiger partial charge in [0, 0.05) is 17.1 Å². The molecule has 0 aliphatic carbocycles. The number of carboxylic acids is 1. The Bertz CT molecular complexity index is 773. The van der Waals surface area contributed by atoms with Crippen LogP contribution in [0.3, 0.4) is 0 Å². The second kappa shape index (κ2) is 4.79. The molecule has 0 saturated carbocycles. The van der Waals surface area contributed by atoms with Crippen molar-refractivity contribution in [1.82, 2.24) is 4.98 Å². The summed E-state index contributed by atoms with van der Waals surface area (Å²) in [7, 11) is 0. The van der Waals surface area contributed by atoms with Gasteiger partial charge in [-0.2, -0.15) is 0 Å². The fourth-order valence-electron chi connectivity index (χ4n) is 2.20. The minimum atomic E-state index is -1.17. The zero-order chi connectivity index (χ0) is 14.1. The van der Waals surface area contributed by atoms with E-state index in [0.717, 1.165) is 5.39 Å². The Morgan fingerprint density at radius 2 is 2.00 bits per heavy atom. The molecule has 1 unspecified atom stereocenters. The van der Waals surface area contributed by atoms with Gasteiger partial charge in [-0.05, 0) is 12.1 Å². The smallest absolute Gasteiger partial charge is 0.339 e. The zero-order valence-corrected chi connectivity index (χ0v) is 10.4. The van der Waals surface area contributed by atoms with Gasteiger partial charge in [-0.15, -0.1) is 0 Å². The Labute approximate surface area is 114 Å². The van der Waals surface area contributed by atoms with E-state index in [0.29, 0.717) is 11.1 Å². The van der Waals surface area contributed by atoms with Crippen molar-refractivity contribution in [2.75, 3.05) is 0 Å². The number of para-hydroxylation sites is 1. The van der Waals surface area contributed by atoms with Gasteiger partial charge in [0.05, 0.1) is 11.8 Å². The standard InChI is InChI=1S/C15H11NO4/c17-13(14-11(15(18)19)6-8-20-14)10-5-1-3-9-4-2-7-16-12(9)10/h1-8,13,17H,(H,18,19). The highest BCUT2D eigenvalue weighted by Gasteiger charge is 2.23. The minimum Gasteiger partial charge on any atom is -0.478 e. The van der Waals surface area contributed by atoms with Crippen LogP contribution < -0.4 is 0 Å². The molecule has 0 radical (unpaired) electrons. The third-order valence-electron chi connectivity index (χ3n) is 3.13. The predicted molar refractivity (Wildman–Crippen MR) is 71.5 cm³/mol. The van der Waals surface area contributed by atoms with Crippen molar-refractivity contribution in [2.45, 2.75) is 6.10 Å².